The fourth-order valence-electron chi connectivity index (χ4n) is 1.30. The fraction of sp³-hybridized carbons (Fsp3) is 0.385. The van der Waals surface area contributed by atoms with Gasteiger partial charge in [0.05, 0.1) is 6.61 Å². The number of benzene rings is 1. The molecule has 2 heteroatoms. The summed E-state index contributed by atoms with van der Waals surface area (Å²) in [6, 6.07) is 8.06. The number of alkyl halides is 1. The molecule has 1 aromatic rings. The van der Waals surface area contributed by atoms with Crippen molar-refractivity contribution in [1.82, 2.24) is 0 Å². The van der Waals surface area contributed by atoms with Crippen molar-refractivity contribution in [2.24, 2.45) is 0 Å². The summed E-state index contributed by atoms with van der Waals surface area (Å²) < 4.78 is 5.37. The summed E-state index contributed by atoms with van der Waals surface area (Å²) in [5.41, 5.74) is 2.43. The summed E-state index contributed by atoms with van der Waals surface area (Å²) in [6.07, 6.45) is 3.12. The van der Waals surface area contributed by atoms with Crippen molar-refractivity contribution in [3.8, 4) is 5.75 Å². The Labute approximate surface area is 96.7 Å². The quantitative estimate of drug-likeness (QED) is 0.684. The molecule has 0 fully saturated rings. The first-order valence-electron chi connectivity index (χ1n) is 5.28. The van der Waals surface area contributed by atoms with Crippen molar-refractivity contribution >= 4 is 17.7 Å². The molecule has 0 spiro atoms. The van der Waals surface area contributed by atoms with Gasteiger partial charge in [-0.15, -0.1) is 11.6 Å². The van der Waals surface area contributed by atoms with Gasteiger partial charge in [-0.3, -0.25) is 0 Å². The molecule has 0 amide bonds. The Morgan fingerprint density at radius 1 is 1.27 bits per heavy atom. The molecule has 1 nitrogen and oxygen atoms in total. The first-order valence-corrected chi connectivity index (χ1v) is 5.81. The second-order valence-electron chi connectivity index (χ2n) is 3.29. The predicted molar refractivity (Wildman–Crippen MR) is 66.6 cm³/mol. The van der Waals surface area contributed by atoms with Gasteiger partial charge in [-0.2, -0.15) is 0 Å². The van der Waals surface area contributed by atoms with Crippen LogP contribution in [0.5, 0.6) is 5.75 Å². The maximum absolute atomic E-state index is 5.81. The van der Waals surface area contributed by atoms with Crippen LogP contribution in [0, 0.1) is 0 Å². The largest absolute Gasteiger partial charge is 0.494 e. The zero-order valence-electron chi connectivity index (χ0n) is 9.29. The third-order valence-electron chi connectivity index (χ3n) is 2.19. The zero-order valence-corrected chi connectivity index (χ0v) is 10.1. The van der Waals surface area contributed by atoms with Gasteiger partial charge in [0.25, 0.3) is 0 Å². The molecule has 0 bridgehead atoms. The van der Waals surface area contributed by atoms with Crippen LogP contribution in [0.4, 0.5) is 0 Å². The molecule has 0 aliphatic heterocycles. The SMILES string of the molecule is CCOc1ccc(C=C(CC)CCl)cc1. The summed E-state index contributed by atoms with van der Waals surface area (Å²) in [4.78, 5) is 0. The van der Waals surface area contributed by atoms with Gasteiger partial charge < -0.3 is 4.74 Å². The van der Waals surface area contributed by atoms with Crippen LogP contribution in [0.25, 0.3) is 6.08 Å². The highest BCUT2D eigenvalue weighted by Crippen LogP contribution is 2.16. The molecule has 1 rings (SSSR count). The Morgan fingerprint density at radius 3 is 2.40 bits per heavy atom. The summed E-state index contributed by atoms with van der Waals surface area (Å²) in [6.45, 7) is 4.80. The van der Waals surface area contributed by atoms with Gasteiger partial charge in [-0.05, 0) is 31.0 Å². The smallest absolute Gasteiger partial charge is 0.119 e. The topological polar surface area (TPSA) is 9.23 Å². The van der Waals surface area contributed by atoms with Crippen LogP contribution in [0.2, 0.25) is 0 Å². The van der Waals surface area contributed by atoms with Gasteiger partial charge in [0.2, 0.25) is 0 Å². The minimum atomic E-state index is 0.601. The van der Waals surface area contributed by atoms with Gasteiger partial charge in [0, 0.05) is 5.88 Å². The first-order chi connectivity index (χ1) is 7.30. The Balaban J connectivity index is 2.75. The van der Waals surface area contributed by atoms with E-state index in [-0.39, 0.29) is 0 Å². The van der Waals surface area contributed by atoms with Crippen LogP contribution in [0.3, 0.4) is 0 Å². The average molecular weight is 225 g/mol. The van der Waals surface area contributed by atoms with E-state index in [4.69, 9.17) is 16.3 Å². The van der Waals surface area contributed by atoms with E-state index in [0.29, 0.717) is 12.5 Å². The zero-order chi connectivity index (χ0) is 11.1. The maximum Gasteiger partial charge on any atom is 0.119 e. The van der Waals surface area contributed by atoms with Gasteiger partial charge in [0.1, 0.15) is 5.75 Å². The van der Waals surface area contributed by atoms with Crippen LogP contribution < -0.4 is 4.74 Å². The molecule has 0 aliphatic rings. The highest BCUT2D eigenvalue weighted by molar-refractivity contribution is 6.19. The van der Waals surface area contributed by atoms with E-state index in [1.54, 1.807) is 0 Å². The molecular formula is C13H17ClO. The van der Waals surface area contributed by atoms with E-state index in [2.05, 4.69) is 13.0 Å². The van der Waals surface area contributed by atoms with Crippen LogP contribution in [-0.2, 0) is 0 Å². The van der Waals surface area contributed by atoms with Gasteiger partial charge in [0.15, 0.2) is 0 Å². The second kappa shape index (κ2) is 6.52. The lowest BCUT2D eigenvalue weighted by molar-refractivity contribution is 0.340. The first kappa shape index (κ1) is 12.1. The Kier molecular flexibility index (Phi) is 5.27. The molecule has 0 atom stereocenters. The van der Waals surface area contributed by atoms with Crippen molar-refractivity contribution in [3.05, 3.63) is 35.4 Å². The Morgan fingerprint density at radius 2 is 1.93 bits per heavy atom. The predicted octanol–water partition coefficient (Wildman–Crippen LogP) is 4.12. The van der Waals surface area contributed by atoms with Crippen molar-refractivity contribution < 1.29 is 4.74 Å². The third-order valence-corrected chi connectivity index (χ3v) is 2.53. The summed E-state index contributed by atoms with van der Waals surface area (Å²) in [7, 11) is 0. The van der Waals surface area contributed by atoms with Crippen LogP contribution in [-0.4, -0.2) is 12.5 Å². The van der Waals surface area contributed by atoms with Gasteiger partial charge >= 0.3 is 0 Å². The fourth-order valence-corrected chi connectivity index (χ4v) is 1.56. The molecule has 0 saturated carbocycles. The molecule has 1 aromatic carbocycles. The molecule has 15 heavy (non-hydrogen) atoms. The molecule has 0 heterocycles. The molecule has 82 valence electrons. The number of halogens is 1. The maximum atomic E-state index is 5.81. The van der Waals surface area contributed by atoms with E-state index >= 15 is 0 Å². The third kappa shape index (κ3) is 3.96. The van der Waals surface area contributed by atoms with Crippen molar-refractivity contribution in [2.75, 3.05) is 12.5 Å². The van der Waals surface area contributed by atoms with Crippen LogP contribution in [0.15, 0.2) is 29.8 Å². The van der Waals surface area contributed by atoms with Crippen LogP contribution in [0.1, 0.15) is 25.8 Å². The summed E-state index contributed by atoms with van der Waals surface area (Å²) in [5, 5.41) is 0. The Hall–Kier alpha value is -0.950. The van der Waals surface area contributed by atoms with Crippen molar-refractivity contribution in [1.29, 1.82) is 0 Å². The molecule has 0 saturated heterocycles. The van der Waals surface area contributed by atoms with E-state index in [9.17, 15) is 0 Å². The second-order valence-corrected chi connectivity index (χ2v) is 3.56. The lowest BCUT2D eigenvalue weighted by Crippen LogP contribution is -1.90. The van der Waals surface area contributed by atoms with Crippen molar-refractivity contribution in [3.63, 3.8) is 0 Å². The van der Waals surface area contributed by atoms with Gasteiger partial charge in [-0.1, -0.05) is 30.7 Å². The Bertz CT molecular complexity index is 308. The number of ether oxygens (including phenoxy) is 1. The van der Waals surface area contributed by atoms with E-state index in [1.807, 2.05) is 31.2 Å². The molecular weight excluding hydrogens is 208 g/mol. The minimum absolute atomic E-state index is 0.601. The molecule has 0 N–H and O–H groups in total. The van der Waals surface area contributed by atoms with E-state index in [1.165, 1.54) is 11.1 Å². The number of hydrogen-bond acceptors (Lipinski definition) is 1. The van der Waals surface area contributed by atoms with Gasteiger partial charge in [-0.25, -0.2) is 0 Å². The highest BCUT2D eigenvalue weighted by atomic mass is 35.5. The highest BCUT2D eigenvalue weighted by Gasteiger charge is 1.95. The lowest BCUT2D eigenvalue weighted by Gasteiger charge is -2.03. The number of allylic oxidation sites excluding steroid dienone is 1. The molecule has 0 aliphatic carbocycles. The van der Waals surface area contributed by atoms with Crippen LogP contribution >= 0.6 is 11.6 Å². The normalized spacial score (nSPS) is 11.5. The van der Waals surface area contributed by atoms with E-state index in [0.717, 1.165) is 12.2 Å². The molecule has 0 aromatic heterocycles. The average Bonchev–Trinajstić information content (AvgIpc) is 2.28. The molecule has 0 unspecified atom stereocenters. The van der Waals surface area contributed by atoms with E-state index < -0.39 is 0 Å². The summed E-state index contributed by atoms with van der Waals surface area (Å²) >= 11 is 5.81. The lowest BCUT2D eigenvalue weighted by atomic mass is 10.1. The van der Waals surface area contributed by atoms with Crippen molar-refractivity contribution in [2.45, 2.75) is 20.3 Å². The summed E-state index contributed by atoms with van der Waals surface area (Å²) in [5.74, 6) is 1.52. The standard InChI is InChI=1S/C13H17ClO/c1-3-11(10-14)9-12-5-7-13(8-6-12)15-4-2/h5-9H,3-4,10H2,1-2H3. The molecule has 0 radical (unpaired) electrons. The minimum Gasteiger partial charge on any atom is -0.494 e. The number of hydrogen-bond donors (Lipinski definition) is 0. The monoisotopic (exact) mass is 224 g/mol. The number of rotatable bonds is 5.